The quantitative estimate of drug-likeness (QED) is 0.644. The van der Waals surface area contributed by atoms with Crippen molar-refractivity contribution in [2.24, 2.45) is 0 Å². The lowest BCUT2D eigenvalue weighted by molar-refractivity contribution is -0.376. The minimum Gasteiger partial charge on any atom is -0.508 e. The van der Waals surface area contributed by atoms with Gasteiger partial charge >= 0.3 is 12.4 Å². The van der Waals surface area contributed by atoms with Crippen molar-refractivity contribution in [1.29, 1.82) is 0 Å². The van der Waals surface area contributed by atoms with Crippen LogP contribution < -0.4 is 10.1 Å². The van der Waals surface area contributed by atoms with Crippen LogP contribution in [-0.2, 0) is 10.4 Å². The van der Waals surface area contributed by atoms with Crippen molar-refractivity contribution in [1.82, 2.24) is 5.32 Å². The van der Waals surface area contributed by atoms with Gasteiger partial charge in [0.1, 0.15) is 11.5 Å². The van der Waals surface area contributed by atoms with Crippen molar-refractivity contribution in [3.8, 4) is 11.5 Å². The van der Waals surface area contributed by atoms with Crippen LogP contribution in [0.4, 0.5) is 26.3 Å². The second kappa shape index (κ2) is 6.97. The van der Waals surface area contributed by atoms with Crippen molar-refractivity contribution in [3.63, 3.8) is 0 Å². The molecule has 0 unspecified atom stereocenters. The number of benzene rings is 2. The van der Waals surface area contributed by atoms with Crippen LogP contribution in [0, 0.1) is 0 Å². The smallest absolute Gasteiger partial charge is 0.430 e. The van der Waals surface area contributed by atoms with Gasteiger partial charge in [-0.1, -0.05) is 6.07 Å². The molecular weight excluding hydrogens is 408 g/mol. The minimum atomic E-state index is -6.12. The summed E-state index contributed by atoms with van der Waals surface area (Å²) in [5, 5.41) is 21.9. The van der Waals surface area contributed by atoms with E-state index in [-0.39, 0.29) is 35.1 Å². The third kappa shape index (κ3) is 4.04. The summed E-state index contributed by atoms with van der Waals surface area (Å²) >= 11 is 0. The SMILES string of the molecule is O=C(COc1ccc2cc(C(O)(C(F)(F)F)C(F)(F)F)c(O)cc2c1)NC1CC1. The Hall–Kier alpha value is -2.69. The first-order valence-corrected chi connectivity index (χ1v) is 8.38. The fourth-order valence-electron chi connectivity index (χ4n) is 2.76. The maximum absolute atomic E-state index is 13.1. The average Bonchev–Trinajstić information content (AvgIpc) is 3.40. The number of aliphatic hydroxyl groups is 1. The monoisotopic (exact) mass is 423 g/mol. The van der Waals surface area contributed by atoms with Crippen molar-refractivity contribution >= 4 is 16.7 Å². The topological polar surface area (TPSA) is 78.8 Å². The van der Waals surface area contributed by atoms with Gasteiger partial charge in [0, 0.05) is 11.6 Å². The highest BCUT2D eigenvalue weighted by Crippen LogP contribution is 2.52. The predicted octanol–water partition coefficient (Wildman–Crippen LogP) is 3.52. The zero-order valence-corrected chi connectivity index (χ0v) is 14.6. The largest absolute Gasteiger partial charge is 0.508 e. The van der Waals surface area contributed by atoms with Crippen LogP contribution in [0.5, 0.6) is 11.5 Å². The summed E-state index contributed by atoms with van der Waals surface area (Å²) < 4.78 is 83.6. The lowest BCUT2D eigenvalue weighted by Crippen LogP contribution is -2.53. The molecule has 0 aliphatic heterocycles. The molecule has 29 heavy (non-hydrogen) atoms. The van der Waals surface area contributed by atoms with Crippen LogP contribution in [0.3, 0.4) is 0 Å². The standard InChI is InChI=1S/C18H15F6NO4/c19-17(20,21)16(28,18(22,23)24)13-6-9-1-4-12(5-10(9)7-14(13)26)29-8-15(27)25-11-2-3-11/h1,4-7,11,26,28H,2-3,8H2,(H,25,27). The van der Waals surface area contributed by atoms with Gasteiger partial charge in [0.2, 0.25) is 0 Å². The molecule has 0 heterocycles. The van der Waals surface area contributed by atoms with Crippen molar-refractivity contribution < 1.29 is 46.1 Å². The van der Waals surface area contributed by atoms with Crippen LogP contribution in [-0.4, -0.2) is 41.1 Å². The van der Waals surface area contributed by atoms with Gasteiger partial charge in [-0.2, -0.15) is 26.3 Å². The van der Waals surface area contributed by atoms with Crippen molar-refractivity contribution in [2.45, 2.75) is 36.8 Å². The van der Waals surface area contributed by atoms with E-state index in [0.717, 1.165) is 18.9 Å². The fourth-order valence-corrected chi connectivity index (χ4v) is 2.76. The van der Waals surface area contributed by atoms with E-state index in [2.05, 4.69) is 5.32 Å². The Labute approximate surface area is 159 Å². The molecule has 0 saturated heterocycles. The zero-order chi connectivity index (χ0) is 21.6. The molecule has 2 aromatic rings. The van der Waals surface area contributed by atoms with Gasteiger partial charge in [0.25, 0.3) is 11.5 Å². The van der Waals surface area contributed by atoms with E-state index in [1.807, 2.05) is 0 Å². The molecule has 0 spiro atoms. The molecule has 0 radical (unpaired) electrons. The number of alkyl halides is 6. The van der Waals surface area contributed by atoms with Gasteiger partial charge in [-0.15, -0.1) is 0 Å². The van der Waals surface area contributed by atoms with Crippen LogP contribution in [0.2, 0.25) is 0 Å². The first kappa shape index (κ1) is 21.0. The zero-order valence-electron chi connectivity index (χ0n) is 14.6. The Bertz CT molecular complexity index is 922. The number of hydrogen-bond acceptors (Lipinski definition) is 4. The number of carbonyl (C=O) groups is 1. The summed E-state index contributed by atoms with van der Waals surface area (Å²) in [5.74, 6) is -1.64. The summed E-state index contributed by atoms with van der Waals surface area (Å²) in [6.45, 7) is -0.325. The van der Waals surface area contributed by atoms with E-state index in [4.69, 9.17) is 4.74 Å². The number of rotatable bonds is 5. The number of nitrogens with one attached hydrogen (secondary N) is 1. The Morgan fingerprint density at radius 1 is 1.03 bits per heavy atom. The number of carbonyl (C=O) groups excluding carboxylic acids is 1. The maximum Gasteiger partial charge on any atom is 0.430 e. The summed E-state index contributed by atoms with van der Waals surface area (Å²) in [5.41, 5.74) is -6.98. The number of amides is 1. The second-order valence-corrected chi connectivity index (χ2v) is 6.71. The molecule has 2 aromatic carbocycles. The van der Waals surface area contributed by atoms with Gasteiger partial charge < -0.3 is 20.3 Å². The lowest BCUT2D eigenvalue weighted by Gasteiger charge is -2.33. The molecule has 158 valence electrons. The number of phenols is 1. The van der Waals surface area contributed by atoms with Crippen LogP contribution in [0.15, 0.2) is 30.3 Å². The van der Waals surface area contributed by atoms with Gasteiger partial charge in [-0.05, 0) is 47.9 Å². The molecule has 3 rings (SSSR count). The molecule has 5 nitrogen and oxygen atoms in total. The minimum absolute atomic E-state index is 0.0538. The Balaban J connectivity index is 1.92. The highest BCUT2D eigenvalue weighted by atomic mass is 19.4. The van der Waals surface area contributed by atoms with E-state index in [0.29, 0.717) is 12.1 Å². The van der Waals surface area contributed by atoms with Crippen LogP contribution in [0.1, 0.15) is 18.4 Å². The molecule has 1 saturated carbocycles. The molecule has 1 aliphatic rings. The second-order valence-electron chi connectivity index (χ2n) is 6.71. The molecule has 0 bridgehead atoms. The van der Waals surface area contributed by atoms with Gasteiger partial charge in [-0.3, -0.25) is 4.79 Å². The number of ether oxygens (including phenoxy) is 1. The highest BCUT2D eigenvalue weighted by molar-refractivity contribution is 5.87. The normalized spacial score (nSPS) is 15.4. The van der Waals surface area contributed by atoms with E-state index in [1.165, 1.54) is 12.1 Å². The third-order valence-corrected chi connectivity index (χ3v) is 4.45. The lowest BCUT2D eigenvalue weighted by atomic mass is 9.89. The van der Waals surface area contributed by atoms with Crippen molar-refractivity contribution in [2.75, 3.05) is 6.61 Å². The molecular formula is C18H15F6NO4. The van der Waals surface area contributed by atoms with Gasteiger partial charge in [-0.25, -0.2) is 0 Å². The molecule has 0 atom stereocenters. The number of hydrogen-bond donors (Lipinski definition) is 3. The third-order valence-electron chi connectivity index (χ3n) is 4.45. The maximum atomic E-state index is 13.1. The van der Waals surface area contributed by atoms with Gasteiger partial charge in [0.05, 0.1) is 0 Å². The Morgan fingerprint density at radius 3 is 2.21 bits per heavy atom. The molecule has 3 N–H and O–H groups in total. The summed E-state index contributed by atoms with van der Waals surface area (Å²) in [6.07, 6.45) is -10.5. The summed E-state index contributed by atoms with van der Waals surface area (Å²) in [7, 11) is 0. The first-order valence-electron chi connectivity index (χ1n) is 8.38. The average molecular weight is 423 g/mol. The fraction of sp³-hybridized carbons (Fsp3) is 0.389. The van der Waals surface area contributed by atoms with E-state index < -0.39 is 29.3 Å². The Morgan fingerprint density at radius 2 is 1.66 bits per heavy atom. The van der Waals surface area contributed by atoms with E-state index >= 15 is 0 Å². The number of halogens is 6. The summed E-state index contributed by atoms with van der Waals surface area (Å²) in [4.78, 5) is 11.6. The molecule has 1 amide bonds. The molecule has 1 fully saturated rings. The molecule has 11 heteroatoms. The molecule has 0 aromatic heterocycles. The molecule has 1 aliphatic carbocycles. The van der Waals surface area contributed by atoms with Crippen LogP contribution in [0.25, 0.3) is 10.8 Å². The Kier molecular flexibility index (Phi) is 5.06. The number of aromatic hydroxyl groups is 1. The van der Waals surface area contributed by atoms with Gasteiger partial charge in [0.15, 0.2) is 6.61 Å². The number of phenolic OH excluding ortho intramolecular Hbond substituents is 1. The van der Waals surface area contributed by atoms with E-state index in [9.17, 15) is 41.4 Å². The number of fused-ring (bicyclic) bond motifs is 1. The van der Waals surface area contributed by atoms with Crippen molar-refractivity contribution in [3.05, 3.63) is 35.9 Å². The predicted molar refractivity (Wildman–Crippen MR) is 88.3 cm³/mol. The van der Waals surface area contributed by atoms with Crippen LogP contribution >= 0.6 is 0 Å². The highest BCUT2D eigenvalue weighted by Gasteiger charge is 2.72. The van der Waals surface area contributed by atoms with E-state index in [1.54, 1.807) is 0 Å². The summed E-state index contributed by atoms with van der Waals surface area (Å²) in [6, 6.07) is 4.83. The first-order chi connectivity index (χ1) is 13.3.